The Bertz CT molecular complexity index is 2060. The number of amides is 4. The van der Waals surface area contributed by atoms with E-state index >= 15 is 0 Å². The fraction of sp³-hybridized carbons (Fsp3) is 0.514. The van der Waals surface area contributed by atoms with Gasteiger partial charge in [-0.25, -0.2) is 13.2 Å². The average molecular weight is 808 g/mol. The number of carbonyl (C=O) groups excluding carboxylic acids is 4. The van der Waals surface area contributed by atoms with Crippen LogP contribution in [-0.4, -0.2) is 83.4 Å². The van der Waals surface area contributed by atoms with Crippen LogP contribution in [-0.2, 0) is 42.2 Å². The Morgan fingerprint density at radius 3 is 2.42 bits per heavy atom. The normalized spacial score (nSPS) is 25.7. The Balaban J connectivity index is 1.13. The minimum Gasteiger partial charge on any atom is -0.444 e. The summed E-state index contributed by atoms with van der Waals surface area (Å²) in [5, 5.41) is 6.19. The van der Waals surface area contributed by atoms with Gasteiger partial charge in [-0.3, -0.25) is 24.0 Å². The SMILES string of the molecule is C=C(C)[C@H](Nc1cccc(OC(F)(F)F)c1)C(=O)N1C[C@H](OC(=O)N2Cc3cccc(Cl)c3C2)C[C@H]1C(=O)N[C@]1(C(=O)NS(=O)(=O)C2(C)CC2)C[C@H]1C1CC1. The summed E-state index contributed by atoms with van der Waals surface area (Å²) in [6, 6.07) is 7.65. The number of hydrogen-bond donors (Lipinski definition) is 3. The first-order valence-electron chi connectivity index (χ1n) is 18.0. The molecular formula is C37H41ClF3N5O8S. The third-order valence-electron chi connectivity index (χ3n) is 11.2. The van der Waals surface area contributed by atoms with Gasteiger partial charge in [-0.1, -0.05) is 36.4 Å². The van der Waals surface area contributed by atoms with E-state index in [0.717, 1.165) is 36.1 Å². The van der Waals surface area contributed by atoms with E-state index in [-0.39, 0.29) is 55.6 Å². The van der Waals surface area contributed by atoms with Crippen LogP contribution in [0.2, 0.25) is 5.02 Å². The predicted octanol–water partition coefficient (Wildman–Crippen LogP) is 5.00. The van der Waals surface area contributed by atoms with Gasteiger partial charge in [-0.2, -0.15) is 0 Å². The topological polar surface area (TPSA) is 163 Å². The molecule has 5 aliphatic rings. The van der Waals surface area contributed by atoms with Crippen molar-refractivity contribution in [2.24, 2.45) is 11.8 Å². The molecule has 0 bridgehead atoms. The fourth-order valence-corrected chi connectivity index (χ4v) is 9.08. The number of fused-ring (bicyclic) bond motifs is 1. The lowest BCUT2D eigenvalue weighted by Crippen LogP contribution is -2.58. The summed E-state index contributed by atoms with van der Waals surface area (Å²) in [5.74, 6) is -3.01. The Morgan fingerprint density at radius 1 is 1.07 bits per heavy atom. The van der Waals surface area contributed by atoms with Gasteiger partial charge in [-0.15, -0.1) is 13.2 Å². The molecule has 0 aromatic heterocycles. The smallest absolute Gasteiger partial charge is 0.444 e. The number of sulfonamides is 1. The number of alkyl halides is 3. The minimum absolute atomic E-state index is 0.0879. The third kappa shape index (κ3) is 7.95. The van der Waals surface area contributed by atoms with Crippen LogP contribution in [0.15, 0.2) is 54.6 Å². The molecule has 1 saturated heterocycles. The number of carbonyl (C=O) groups is 4. The fourth-order valence-electron chi connectivity index (χ4n) is 7.51. The van der Waals surface area contributed by atoms with Crippen LogP contribution in [0.1, 0.15) is 63.5 Å². The van der Waals surface area contributed by atoms with E-state index in [1.54, 1.807) is 19.1 Å². The van der Waals surface area contributed by atoms with E-state index in [2.05, 4.69) is 26.7 Å². The molecule has 296 valence electrons. The van der Waals surface area contributed by atoms with Gasteiger partial charge in [0.1, 0.15) is 29.5 Å². The number of hydrogen-bond acceptors (Lipinski definition) is 9. The zero-order valence-electron chi connectivity index (χ0n) is 30.1. The Hall–Kier alpha value is -4.51. The minimum atomic E-state index is -4.96. The highest BCUT2D eigenvalue weighted by atomic mass is 35.5. The van der Waals surface area contributed by atoms with Crippen LogP contribution in [0, 0.1) is 11.8 Å². The van der Waals surface area contributed by atoms with Gasteiger partial charge in [0.05, 0.1) is 17.8 Å². The maximum atomic E-state index is 14.4. The first kappa shape index (κ1) is 38.8. The molecule has 0 unspecified atom stereocenters. The van der Waals surface area contributed by atoms with Crippen LogP contribution in [0.4, 0.5) is 23.7 Å². The summed E-state index contributed by atoms with van der Waals surface area (Å²) in [5.41, 5.74) is 0.443. The standard InChI is InChI=1S/C37H41ClF3N5O8S/c1-20(2)30(42-23-7-5-8-24(14-23)54-37(39,40)41)32(48)46-18-25(53-34(50)45-17-22-6-4-9-28(38)26(22)19-45)15-29(46)31(47)43-36(16-27(36)21-10-11-21)33(49)44-55(51,52)35(3)12-13-35/h4-9,14,21,25,27,29-30,42H,1,10-13,15-19H2,2-3H3,(H,43,47)(H,44,49)/t25-,27+,29+,30+,36-/m1/s1. The molecule has 55 heavy (non-hydrogen) atoms. The summed E-state index contributed by atoms with van der Waals surface area (Å²) < 4.78 is 76.0. The van der Waals surface area contributed by atoms with Crippen molar-refractivity contribution >= 4 is 51.1 Å². The molecule has 0 spiro atoms. The molecule has 2 heterocycles. The summed E-state index contributed by atoms with van der Waals surface area (Å²) >= 11 is 6.34. The summed E-state index contributed by atoms with van der Waals surface area (Å²) in [6.07, 6.45) is -4.16. The number of nitrogens with one attached hydrogen (secondary N) is 3. The van der Waals surface area contributed by atoms with Crippen molar-refractivity contribution in [3.05, 3.63) is 70.8 Å². The molecule has 18 heteroatoms. The largest absolute Gasteiger partial charge is 0.573 e. The van der Waals surface area contributed by atoms with Crippen LogP contribution in [0.3, 0.4) is 0 Å². The van der Waals surface area contributed by atoms with Gasteiger partial charge in [0.2, 0.25) is 21.8 Å². The quantitative estimate of drug-likeness (QED) is 0.251. The number of likely N-dealkylation sites (tertiary alicyclic amines) is 1. The second-order valence-electron chi connectivity index (χ2n) is 15.5. The first-order chi connectivity index (χ1) is 25.8. The van der Waals surface area contributed by atoms with Crippen LogP contribution >= 0.6 is 11.6 Å². The van der Waals surface area contributed by atoms with Crippen molar-refractivity contribution in [2.45, 2.75) is 100 Å². The van der Waals surface area contributed by atoms with Gasteiger partial charge in [-0.05, 0) is 92.7 Å². The summed E-state index contributed by atoms with van der Waals surface area (Å²) in [4.78, 5) is 58.5. The van der Waals surface area contributed by atoms with Gasteiger partial charge in [0.25, 0.3) is 5.91 Å². The highest BCUT2D eigenvalue weighted by Gasteiger charge is 2.67. The average Bonchev–Trinajstić information content (AvgIpc) is 4.05. The maximum absolute atomic E-state index is 14.4. The van der Waals surface area contributed by atoms with E-state index in [9.17, 15) is 40.8 Å². The van der Waals surface area contributed by atoms with Crippen molar-refractivity contribution < 1.29 is 50.2 Å². The summed E-state index contributed by atoms with van der Waals surface area (Å²) in [6.45, 7) is 7.14. The van der Waals surface area contributed by atoms with E-state index < -0.39 is 74.4 Å². The monoisotopic (exact) mass is 807 g/mol. The summed E-state index contributed by atoms with van der Waals surface area (Å²) in [7, 11) is -4.03. The van der Waals surface area contributed by atoms with Crippen LogP contribution < -0.4 is 20.1 Å². The molecule has 13 nitrogen and oxygen atoms in total. The molecule has 2 aromatic carbocycles. The number of anilines is 1. The van der Waals surface area contributed by atoms with E-state index in [0.29, 0.717) is 17.9 Å². The molecule has 2 aromatic rings. The highest BCUT2D eigenvalue weighted by Crippen LogP contribution is 2.57. The first-order valence-corrected chi connectivity index (χ1v) is 19.8. The molecule has 3 aliphatic carbocycles. The van der Waals surface area contributed by atoms with Crippen molar-refractivity contribution in [3.63, 3.8) is 0 Å². The number of halogens is 4. The Morgan fingerprint density at radius 2 is 1.78 bits per heavy atom. The van der Waals surface area contributed by atoms with E-state index in [1.807, 2.05) is 6.07 Å². The lowest BCUT2D eigenvalue weighted by molar-refractivity contribution is -0.274. The van der Waals surface area contributed by atoms with Crippen molar-refractivity contribution in [1.29, 1.82) is 0 Å². The van der Waals surface area contributed by atoms with Crippen molar-refractivity contribution in [2.75, 3.05) is 11.9 Å². The zero-order chi connectivity index (χ0) is 39.7. The molecule has 4 amide bonds. The van der Waals surface area contributed by atoms with Gasteiger partial charge >= 0.3 is 12.5 Å². The van der Waals surface area contributed by atoms with Crippen molar-refractivity contribution in [3.8, 4) is 5.75 Å². The molecular weight excluding hydrogens is 767 g/mol. The molecule has 4 fully saturated rings. The second kappa shape index (κ2) is 13.9. The Kier molecular flexibility index (Phi) is 9.80. The van der Waals surface area contributed by atoms with Crippen LogP contribution in [0.25, 0.3) is 0 Å². The number of benzene rings is 2. The number of rotatable bonds is 12. The van der Waals surface area contributed by atoms with Crippen molar-refractivity contribution in [1.82, 2.24) is 19.8 Å². The van der Waals surface area contributed by atoms with E-state index in [1.165, 1.54) is 28.9 Å². The Labute approximate surface area is 320 Å². The molecule has 7 rings (SSSR count). The second-order valence-corrected chi connectivity index (χ2v) is 18.1. The molecule has 2 aliphatic heterocycles. The molecule has 0 radical (unpaired) electrons. The third-order valence-corrected chi connectivity index (χ3v) is 13.7. The number of ether oxygens (including phenoxy) is 2. The molecule has 5 atom stereocenters. The zero-order valence-corrected chi connectivity index (χ0v) is 31.7. The predicted molar refractivity (Wildman–Crippen MR) is 193 cm³/mol. The lowest BCUT2D eigenvalue weighted by atomic mass is 10.1. The highest BCUT2D eigenvalue weighted by molar-refractivity contribution is 7.91. The lowest BCUT2D eigenvalue weighted by Gasteiger charge is -2.30. The van der Waals surface area contributed by atoms with Gasteiger partial charge in [0, 0.05) is 29.7 Å². The van der Waals surface area contributed by atoms with E-state index in [4.69, 9.17) is 16.3 Å². The molecule has 3 saturated carbocycles. The van der Waals surface area contributed by atoms with Gasteiger partial charge in [0.15, 0.2) is 0 Å². The maximum Gasteiger partial charge on any atom is 0.573 e. The van der Waals surface area contributed by atoms with Crippen LogP contribution in [0.5, 0.6) is 5.75 Å². The molecule has 3 N–H and O–H groups in total. The number of nitrogens with zero attached hydrogens (tertiary/aromatic N) is 2. The van der Waals surface area contributed by atoms with Gasteiger partial charge < -0.3 is 25.0 Å².